The van der Waals surface area contributed by atoms with Gasteiger partial charge in [0.15, 0.2) is 11.6 Å². The molecule has 0 saturated carbocycles. The van der Waals surface area contributed by atoms with Crippen LogP contribution in [0.25, 0.3) is 0 Å². The molecule has 11 nitrogen and oxygen atoms in total. The fourth-order valence-corrected chi connectivity index (χ4v) is 6.12. The first kappa shape index (κ1) is 33.8. The second kappa shape index (κ2) is 15.3. The number of aromatic hydroxyl groups is 2. The molecule has 2 aliphatic heterocycles. The fourth-order valence-electron chi connectivity index (χ4n) is 6.12. The molecule has 2 aromatic rings. The highest BCUT2D eigenvalue weighted by molar-refractivity contribution is 6.48. The quantitative estimate of drug-likeness (QED) is 0.168. The third kappa shape index (κ3) is 8.55. The lowest BCUT2D eigenvalue weighted by atomic mass is 9.95. The molecule has 4 rings (SSSR count). The number of rotatable bonds is 11. The van der Waals surface area contributed by atoms with E-state index in [0.29, 0.717) is 30.0 Å². The summed E-state index contributed by atoms with van der Waals surface area (Å²) in [5, 5.41) is 38.1. The van der Waals surface area contributed by atoms with Gasteiger partial charge in [-0.3, -0.25) is 35.1 Å². The molecule has 0 unspecified atom stereocenters. The van der Waals surface area contributed by atoms with Gasteiger partial charge in [-0.25, -0.2) is 0 Å². The van der Waals surface area contributed by atoms with Crippen LogP contribution in [-0.4, -0.2) is 100 Å². The number of amides is 1. The average Bonchev–Trinajstić information content (AvgIpc) is 3.01. The van der Waals surface area contributed by atoms with Crippen LogP contribution >= 0.6 is 0 Å². The maximum absolute atomic E-state index is 12.3. The molecule has 11 heteroatoms. The molecule has 0 bridgehead atoms. The minimum absolute atomic E-state index is 0.0598. The van der Waals surface area contributed by atoms with Gasteiger partial charge in [0.1, 0.15) is 23.6 Å². The van der Waals surface area contributed by atoms with Crippen LogP contribution in [0.3, 0.4) is 0 Å². The topological polar surface area (TPSA) is 152 Å². The molecule has 0 atom stereocenters. The number of likely N-dealkylation sites (tertiary alicyclic amines) is 1. The molecule has 0 radical (unpaired) electrons. The van der Waals surface area contributed by atoms with Crippen molar-refractivity contribution in [3.63, 3.8) is 0 Å². The van der Waals surface area contributed by atoms with Crippen molar-refractivity contribution in [2.45, 2.75) is 58.9 Å². The number of nitrogens with zero attached hydrogens (tertiary/aromatic N) is 4. The van der Waals surface area contributed by atoms with E-state index >= 15 is 0 Å². The van der Waals surface area contributed by atoms with Crippen LogP contribution in [0.15, 0.2) is 36.4 Å². The van der Waals surface area contributed by atoms with Crippen molar-refractivity contribution in [3.8, 4) is 11.5 Å². The van der Waals surface area contributed by atoms with Gasteiger partial charge in [0.05, 0.1) is 5.56 Å². The summed E-state index contributed by atoms with van der Waals surface area (Å²) in [6.45, 7) is 12.0. The van der Waals surface area contributed by atoms with Gasteiger partial charge in [-0.1, -0.05) is 26.0 Å². The van der Waals surface area contributed by atoms with Crippen LogP contribution in [-0.2, 0) is 20.9 Å². The summed E-state index contributed by atoms with van der Waals surface area (Å²) >= 11 is 0. The third-order valence-corrected chi connectivity index (χ3v) is 8.83. The largest absolute Gasteiger partial charge is 0.508 e. The fraction of sp³-hybridized carbons (Fsp3) is 0.500. The van der Waals surface area contributed by atoms with E-state index in [2.05, 4.69) is 9.80 Å². The number of carbonyl (C=O) groups excluding carboxylic acids is 3. The van der Waals surface area contributed by atoms with Crippen molar-refractivity contribution >= 4 is 35.3 Å². The van der Waals surface area contributed by atoms with Gasteiger partial charge in [0.2, 0.25) is 5.91 Å². The van der Waals surface area contributed by atoms with E-state index in [0.717, 1.165) is 77.0 Å². The number of amidine groups is 2. The number of hydrogen-bond acceptors (Lipinski definition) is 9. The third-order valence-electron chi connectivity index (χ3n) is 8.83. The Hall–Kier alpha value is -4.09. The summed E-state index contributed by atoms with van der Waals surface area (Å²) in [7, 11) is 0. The van der Waals surface area contributed by atoms with E-state index in [4.69, 9.17) is 10.8 Å². The molecular formula is C34H46N6O5. The minimum Gasteiger partial charge on any atom is -0.508 e. The number of piperidine rings is 1. The van der Waals surface area contributed by atoms with Crippen LogP contribution in [0, 0.1) is 16.7 Å². The zero-order chi connectivity index (χ0) is 32.7. The molecule has 1 amide bonds. The van der Waals surface area contributed by atoms with Crippen molar-refractivity contribution in [3.05, 3.63) is 53.1 Å². The summed E-state index contributed by atoms with van der Waals surface area (Å²) < 4.78 is 0. The molecule has 0 aromatic heterocycles. The molecule has 0 aliphatic carbocycles. The minimum atomic E-state index is -0.515. The first-order valence-electron chi connectivity index (χ1n) is 15.8. The SMILES string of the molecule is CC(=O)C(=N)N(C(=N)c1cc(C(C)C)c(O)cc1O)c1ccc(CN2CCC(CN3CCN(C(=O)CCC=O)CC3)CC2)cc1. The number of Topliss-reactive ketones (excluding diaryl/α,β-unsaturated/α-hetero) is 1. The zero-order valence-electron chi connectivity index (χ0n) is 26.6. The van der Waals surface area contributed by atoms with Crippen LogP contribution in [0.5, 0.6) is 11.5 Å². The molecular weight excluding hydrogens is 572 g/mol. The number of piperazine rings is 1. The molecule has 2 aromatic carbocycles. The predicted molar refractivity (Wildman–Crippen MR) is 174 cm³/mol. The van der Waals surface area contributed by atoms with Crippen molar-refractivity contribution in [1.29, 1.82) is 10.8 Å². The maximum atomic E-state index is 12.3. The molecule has 2 aliphatic rings. The van der Waals surface area contributed by atoms with Gasteiger partial charge in [-0.05, 0) is 67.1 Å². The number of nitrogens with one attached hydrogen (secondary N) is 2. The van der Waals surface area contributed by atoms with Crippen molar-refractivity contribution in [1.82, 2.24) is 14.7 Å². The lowest BCUT2D eigenvalue weighted by Gasteiger charge is -2.39. The number of aldehydes is 1. The van der Waals surface area contributed by atoms with Crippen molar-refractivity contribution in [2.75, 3.05) is 50.7 Å². The number of phenols is 2. The van der Waals surface area contributed by atoms with Gasteiger partial charge < -0.3 is 19.9 Å². The Morgan fingerprint density at radius 1 is 0.956 bits per heavy atom. The Morgan fingerprint density at radius 3 is 2.18 bits per heavy atom. The van der Waals surface area contributed by atoms with E-state index < -0.39 is 5.78 Å². The number of benzene rings is 2. The lowest BCUT2D eigenvalue weighted by Crippen LogP contribution is -2.50. The van der Waals surface area contributed by atoms with E-state index in [1.165, 1.54) is 24.0 Å². The summed E-state index contributed by atoms with van der Waals surface area (Å²) in [5.74, 6) is -0.871. The first-order chi connectivity index (χ1) is 21.5. The van der Waals surface area contributed by atoms with Gasteiger partial charge in [0, 0.05) is 70.8 Å². The number of anilines is 1. The van der Waals surface area contributed by atoms with Gasteiger partial charge in [-0.2, -0.15) is 0 Å². The number of ketones is 1. The Bertz CT molecular complexity index is 1390. The van der Waals surface area contributed by atoms with E-state index in [-0.39, 0.29) is 40.6 Å². The molecule has 2 saturated heterocycles. The van der Waals surface area contributed by atoms with Gasteiger partial charge in [-0.15, -0.1) is 0 Å². The molecule has 2 heterocycles. The number of phenolic OH excluding ortho intramolecular Hbond substituents is 2. The second-order valence-electron chi connectivity index (χ2n) is 12.4. The Labute approximate surface area is 265 Å². The predicted octanol–water partition coefficient (Wildman–Crippen LogP) is 3.95. The zero-order valence-corrected chi connectivity index (χ0v) is 26.6. The molecule has 45 heavy (non-hydrogen) atoms. The monoisotopic (exact) mass is 618 g/mol. The Morgan fingerprint density at radius 2 is 1.60 bits per heavy atom. The van der Waals surface area contributed by atoms with Crippen LogP contribution in [0.2, 0.25) is 0 Å². The van der Waals surface area contributed by atoms with Crippen LogP contribution in [0.1, 0.15) is 69.1 Å². The van der Waals surface area contributed by atoms with Crippen LogP contribution in [0.4, 0.5) is 5.69 Å². The normalized spacial score (nSPS) is 16.5. The highest BCUT2D eigenvalue weighted by Gasteiger charge is 2.27. The van der Waals surface area contributed by atoms with E-state index in [1.54, 1.807) is 12.1 Å². The Kier molecular flexibility index (Phi) is 11.5. The average molecular weight is 619 g/mol. The number of hydrogen-bond donors (Lipinski definition) is 4. The maximum Gasteiger partial charge on any atom is 0.223 e. The summed E-state index contributed by atoms with van der Waals surface area (Å²) in [6, 6.07) is 10.2. The second-order valence-corrected chi connectivity index (χ2v) is 12.4. The standard InChI is InChI=1S/C34H46N6O5/c1-23(2)28-19-29(31(44)20-30(28)43)34(36)40(33(35)24(3)42)27-8-6-25(7-9-27)21-37-12-10-26(11-13-37)22-38-14-16-39(17-15-38)32(45)5-4-18-41/h6-9,18-20,23,26,35-36,43-44H,4-5,10-17,21-22H2,1-3H3. The van der Waals surface area contributed by atoms with Crippen molar-refractivity contribution in [2.24, 2.45) is 5.92 Å². The van der Waals surface area contributed by atoms with E-state index in [9.17, 15) is 24.6 Å². The van der Waals surface area contributed by atoms with Crippen molar-refractivity contribution < 1.29 is 24.6 Å². The molecule has 4 N–H and O–H groups in total. The number of carbonyl (C=O) groups is 3. The molecule has 0 spiro atoms. The van der Waals surface area contributed by atoms with Crippen LogP contribution < -0.4 is 4.90 Å². The first-order valence-corrected chi connectivity index (χ1v) is 15.8. The molecule has 2 fully saturated rings. The molecule has 242 valence electrons. The van der Waals surface area contributed by atoms with Gasteiger partial charge in [0.25, 0.3) is 0 Å². The van der Waals surface area contributed by atoms with Gasteiger partial charge >= 0.3 is 0 Å². The smallest absolute Gasteiger partial charge is 0.223 e. The summed E-state index contributed by atoms with van der Waals surface area (Å²) in [5.41, 5.74) is 2.23. The van der Waals surface area contributed by atoms with E-state index in [1.807, 2.05) is 30.9 Å². The highest BCUT2D eigenvalue weighted by Crippen LogP contribution is 2.34. The Balaban J connectivity index is 1.33. The summed E-state index contributed by atoms with van der Waals surface area (Å²) in [4.78, 5) is 43.0. The highest BCUT2D eigenvalue weighted by atomic mass is 16.3. The lowest BCUT2D eigenvalue weighted by molar-refractivity contribution is -0.133. The summed E-state index contributed by atoms with van der Waals surface area (Å²) in [6.07, 6.45) is 3.60.